The number of fused-ring (bicyclic) bond motifs is 4. The van der Waals surface area contributed by atoms with E-state index in [4.69, 9.17) is 16.0 Å². The molecule has 130 valence electrons. The molecule has 2 aromatic heterocycles. The van der Waals surface area contributed by atoms with Crippen LogP contribution in [-0.4, -0.2) is 23.3 Å². The number of hydrogen-bond acceptors (Lipinski definition) is 2. The number of alkyl halides is 1. The van der Waals surface area contributed by atoms with Gasteiger partial charge in [-0.05, 0) is 48.0 Å². The highest BCUT2D eigenvalue weighted by atomic mass is 35.5. The number of anilines is 1. The molecule has 0 radical (unpaired) electrons. The molecule has 1 N–H and O–H groups in total. The SMILES string of the molecule is O=C(c1cc2cc(F)ccc2[nH]1)N1C[C@@H](CCl)c2c1ccc1occc21. The number of amides is 1. The highest BCUT2D eigenvalue weighted by Gasteiger charge is 2.34. The lowest BCUT2D eigenvalue weighted by Crippen LogP contribution is -2.30. The predicted octanol–water partition coefficient (Wildman–Crippen LogP) is 5.04. The van der Waals surface area contributed by atoms with Gasteiger partial charge in [0.15, 0.2) is 0 Å². The molecule has 0 saturated heterocycles. The monoisotopic (exact) mass is 368 g/mol. The quantitative estimate of drug-likeness (QED) is 0.504. The average Bonchev–Trinajstić information content (AvgIpc) is 3.35. The van der Waals surface area contributed by atoms with E-state index in [1.54, 1.807) is 23.3 Å². The Bertz CT molecular complexity index is 1160. The molecule has 6 heteroatoms. The third-order valence-corrected chi connectivity index (χ3v) is 5.37. The van der Waals surface area contributed by atoms with Crippen molar-refractivity contribution >= 4 is 45.1 Å². The third-order valence-electron chi connectivity index (χ3n) is 5.00. The van der Waals surface area contributed by atoms with Crippen molar-refractivity contribution in [2.75, 3.05) is 17.3 Å². The van der Waals surface area contributed by atoms with E-state index in [1.807, 2.05) is 18.2 Å². The molecule has 4 aromatic rings. The molecule has 0 saturated carbocycles. The molecule has 4 nitrogen and oxygen atoms in total. The number of halogens is 2. The lowest BCUT2D eigenvalue weighted by molar-refractivity contribution is 0.0984. The van der Waals surface area contributed by atoms with Crippen LogP contribution in [0.5, 0.6) is 0 Å². The van der Waals surface area contributed by atoms with Crippen molar-refractivity contribution in [3.8, 4) is 0 Å². The van der Waals surface area contributed by atoms with Crippen molar-refractivity contribution in [3.05, 3.63) is 65.8 Å². The van der Waals surface area contributed by atoms with Gasteiger partial charge in [0.1, 0.15) is 17.1 Å². The summed E-state index contributed by atoms with van der Waals surface area (Å²) < 4.78 is 18.9. The molecule has 1 aliphatic rings. The Morgan fingerprint density at radius 1 is 1.27 bits per heavy atom. The second kappa shape index (κ2) is 5.61. The summed E-state index contributed by atoms with van der Waals surface area (Å²) in [6, 6.07) is 11.8. The molecular formula is C20H14ClFN2O2. The molecule has 26 heavy (non-hydrogen) atoms. The van der Waals surface area contributed by atoms with Gasteiger partial charge in [0, 0.05) is 40.3 Å². The minimum Gasteiger partial charge on any atom is -0.464 e. The zero-order valence-electron chi connectivity index (χ0n) is 13.6. The van der Waals surface area contributed by atoms with Crippen LogP contribution >= 0.6 is 11.6 Å². The van der Waals surface area contributed by atoms with E-state index in [9.17, 15) is 9.18 Å². The Labute approximate surface area is 153 Å². The number of aromatic amines is 1. The second-order valence-electron chi connectivity index (χ2n) is 6.51. The van der Waals surface area contributed by atoms with Gasteiger partial charge in [-0.3, -0.25) is 4.79 Å². The van der Waals surface area contributed by atoms with Crippen molar-refractivity contribution in [1.82, 2.24) is 4.98 Å². The Hall–Kier alpha value is -2.79. The van der Waals surface area contributed by atoms with Crippen LogP contribution in [0.3, 0.4) is 0 Å². The van der Waals surface area contributed by atoms with Crippen molar-refractivity contribution in [3.63, 3.8) is 0 Å². The largest absolute Gasteiger partial charge is 0.464 e. The molecule has 0 bridgehead atoms. The predicted molar refractivity (Wildman–Crippen MR) is 99.6 cm³/mol. The number of hydrogen-bond donors (Lipinski definition) is 1. The Balaban J connectivity index is 1.61. The topological polar surface area (TPSA) is 49.2 Å². The Morgan fingerprint density at radius 2 is 2.15 bits per heavy atom. The third kappa shape index (κ3) is 2.17. The summed E-state index contributed by atoms with van der Waals surface area (Å²) in [5, 5.41) is 1.66. The number of nitrogens with zero attached hydrogens (tertiary/aromatic N) is 1. The average molecular weight is 369 g/mol. The molecule has 1 amide bonds. The first-order chi connectivity index (χ1) is 12.7. The van der Waals surface area contributed by atoms with Gasteiger partial charge in [-0.25, -0.2) is 4.39 Å². The molecular weight excluding hydrogens is 355 g/mol. The summed E-state index contributed by atoms with van der Waals surface area (Å²) >= 11 is 6.18. The fourth-order valence-electron chi connectivity index (χ4n) is 3.81. The van der Waals surface area contributed by atoms with Gasteiger partial charge in [0.2, 0.25) is 0 Å². The van der Waals surface area contributed by atoms with Crippen LogP contribution in [0.2, 0.25) is 0 Å². The van der Waals surface area contributed by atoms with Gasteiger partial charge in [0.25, 0.3) is 5.91 Å². The molecule has 0 unspecified atom stereocenters. The van der Waals surface area contributed by atoms with E-state index >= 15 is 0 Å². The number of furan rings is 1. The fraction of sp³-hybridized carbons (Fsp3) is 0.150. The highest BCUT2D eigenvalue weighted by Crippen LogP contribution is 2.42. The van der Waals surface area contributed by atoms with Gasteiger partial charge < -0.3 is 14.3 Å². The van der Waals surface area contributed by atoms with Gasteiger partial charge in [-0.15, -0.1) is 11.6 Å². The maximum Gasteiger partial charge on any atom is 0.274 e. The van der Waals surface area contributed by atoms with Gasteiger partial charge in [-0.2, -0.15) is 0 Å². The Kier molecular flexibility index (Phi) is 3.34. The summed E-state index contributed by atoms with van der Waals surface area (Å²) in [6.45, 7) is 0.506. The number of benzene rings is 2. The van der Waals surface area contributed by atoms with Crippen LogP contribution in [-0.2, 0) is 0 Å². The molecule has 1 atom stereocenters. The number of aromatic nitrogens is 1. The van der Waals surface area contributed by atoms with E-state index in [2.05, 4.69) is 4.98 Å². The first-order valence-electron chi connectivity index (χ1n) is 8.32. The summed E-state index contributed by atoms with van der Waals surface area (Å²) in [6.07, 6.45) is 1.65. The Morgan fingerprint density at radius 3 is 3.00 bits per heavy atom. The van der Waals surface area contributed by atoms with Crippen molar-refractivity contribution in [2.45, 2.75) is 5.92 Å². The van der Waals surface area contributed by atoms with Gasteiger partial charge in [-0.1, -0.05) is 0 Å². The maximum absolute atomic E-state index is 13.4. The molecule has 0 spiro atoms. The van der Waals surface area contributed by atoms with E-state index in [1.165, 1.54) is 12.1 Å². The van der Waals surface area contributed by atoms with Crippen molar-refractivity contribution < 1.29 is 13.6 Å². The zero-order chi connectivity index (χ0) is 17.8. The van der Waals surface area contributed by atoms with Crippen LogP contribution in [0.4, 0.5) is 10.1 Å². The van der Waals surface area contributed by atoms with Crippen LogP contribution in [0.1, 0.15) is 22.0 Å². The maximum atomic E-state index is 13.4. The summed E-state index contributed by atoms with van der Waals surface area (Å²) in [7, 11) is 0. The molecule has 1 aliphatic heterocycles. The summed E-state index contributed by atoms with van der Waals surface area (Å²) in [4.78, 5) is 18.0. The minimum absolute atomic E-state index is 0.0405. The standard InChI is InChI=1S/C20H14ClFN2O2/c21-9-12-10-24(17-3-4-18-14(19(12)17)5-6-26-18)20(25)16-8-11-7-13(22)1-2-15(11)23-16/h1-8,12,23H,9-10H2/t12-/m1/s1. The summed E-state index contributed by atoms with van der Waals surface area (Å²) in [5.41, 5.74) is 3.84. The second-order valence-corrected chi connectivity index (χ2v) is 6.82. The zero-order valence-corrected chi connectivity index (χ0v) is 14.4. The molecule has 5 rings (SSSR count). The fourth-order valence-corrected chi connectivity index (χ4v) is 4.06. The van der Waals surface area contributed by atoms with Crippen molar-refractivity contribution in [2.24, 2.45) is 0 Å². The number of H-pyrrole nitrogens is 1. The van der Waals surface area contributed by atoms with Gasteiger partial charge >= 0.3 is 0 Å². The van der Waals surface area contributed by atoms with E-state index in [0.29, 0.717) is 23.5 Å². The number of nitrogens with one attached hydrogen (secondary N) is 1. The lowest BCUT2D eigenvalue weighted by Gasteiger charge is -2.16. The van der Waals surface area contributed by atoms with Gasteiger partial charge in [0.05, 0.1) is 6.26 Å². The number of carbonyl (C=O) groups is 1. The number of rotatable bonds is 2. The minimum atomic E-state index is -0.327. The molecule has 2 aromatic carbocycles. The normalized spacial score (nSPS) is 16.5. The van der Waals surface area contributed by atoms with Crippen molar-refractivity contribution in [1.29, 1.82) is 0 Å². The first kappa shape index (κ1) is 15.5. The van der Waals surface area contributed by atoms with Crippen LogP contribution in [0, 0.1) is 5.82 Å². The molecule has 0 aliphatic carbocycles. The van der Waals surface area contributed by atoms with E-state index < -0.39 is 0 Å². The summed E-state index contributed by atoms with van der Waals surface area (Å²) in [5.74, 6) is -0.0254. The van der Waals surface area contributed by atoms with E-state index in [-0.39, 0.29) is 17.6 Å². The van der Waals surface area contributed by atoms with Crippen LogP contribution in [0.25, 0.3) is 21.9 Å². The lowest BCUT2D eigenvalue weighted by atomic mass is 9.99. The smallest absolute Gasteiger partial charge is 0.274 e. The molecule has 0 fully saturated rings. The molecule has 3 heterocycles. The number of carbonyl (C=O) groups excluding carboxylic acids is 1. The van der Waals surface area contributed by atoms with E-state index in [0.717, 1.165) is 27.7 Å². The van der Waals surface area contributed by atoms with Crippen LogP contribution < -0.4 is 4.90 Å². The van der Waals surface area contributed by atoms with Crippen LogP contribution in [0.15, 0.2) is 53.1 Å². The highest BCUT2D eigenvalue weighted by molar-refractivity contribution is 6.19. The first-order valence-corrected chi connectivity index (χ1v) is 8.85.